The highest BCUT2D eigenvalue weighted by molar-refractivity contribution is 5.91. The van der Waals surface area contributed by atoms with E-state index in [1.165, 1.54) is 0 Å². The molecule has 0 unspecified atom stereocenters. The van der Waals surface area contributed by atoms with Gasteiger partial charge in [-0.1, -0.05) is 12.8 Å². The lowest BCUT2D eigenvalue weighted by atomic mass is 9.79. The fraction of sp³-hybridized carbons (Fsp3) is 0.429. The third-order valence-electron chi connectivity index (χ3n) is 4.12. The summed E-state index contributed by atoms with van der Waals surface area (Å²) < 4.78 is 1.92. The van der Waals surface area contributed by atoms with Crippen LogP contribution in [0, 0.1) is 0 Å². The first kappa shape index (κ1) is 11.3. The Morgan fingerprint density at radius 1 is 1.44 bits per heavy atom. The fourth-order valence-corrected chi connectivity index (χ4v) is 3.17. The lowest BCUT2D eigenvalue weighted by Crippen LogP contribution is -2.32. The van der Waals surface area contributed by atoms with Crippen molar-refractivity contribution in [3.8, 4) is 0 Å². The quantitative estimate of drug-likeness (QED) is 0.882. The van der Waals surface area contributed by atoms with Gasteiger partial charge in [0.25, 0.3) is 0 Å². The summed E-state index contributed by atoms with van der Waals surface area (Å²) in [7, 11) is 1.92. The molecule has 0 atom stereocenters. The maximum atomic E-state index is 11.7. The number of carboxylic acid groups (broad SMARTS) is 1. The molecule has 0 bridgehead atoms. The zero-order valence-electron chi connectivity index (χ0n) is 10.4. The minimum atomic E-state index is -0.706. The third-order valence-corrected chi connectivity index (χ3v) is 4.12. The van der Waals surface area contributed by atoms with Crippen LogP contribution >= 0.6 is 0 Å². The van der Waals surface area contributed by atoms with Crippen molar-refractivity contribution in [3.63, 3.8) is 0 Å². The minimum Gasteiger partial charge on any atom is -0.481 e. The topological polar surface area (TPSA) is 55.1 Å². The standard InChI is InChI=1S/C14H16N2O2/c1-16-9-11(10-5-4-8-15-12(10)16)14(13(17)18)6-2-3-7-14/h4-5,8-9H,2-3,6-7H2,1H3,(H,17,18). The van der Waals surface area contributed by atoms with Gasteiger partial charge in [0.2, 0.25) is 0 Å². The van der Waals surface area contributed by atoms with Crippen LogP contribution in [0.25, 0.3) is 11.0 Å². The van der Waals surface area contributed by atoms with E-state index in [1.807, 2.05) is 29.9 Å². The summed E-state index contributed by atoms with van der Waals surface area (Å²) in [5, 5.41) is 10.6. The molecule has 2 heterocycles. The smallest absolute Gasteiger partial charge is 0.314 e. The molecule has 0 radical (unpaired) electrons. The molecule has 94 valence electrons. The van der Waals surface area contributed by atoms with Crippen LogP contribution in [-0.2, 0) is 17.3 Å². The molecule has 4 heteroatoms. The number of aryl methyl sites for hydroxylation is 1. The van der Waals surface area contributed by atoms with Gasteiger partial charge in [-0.15, -0.1) is 0 Å². The summed E-state index contributed by atoms with van der Waals surface area (Å²) in [5.74, 6) is -0.698. The molecular weight excluding hydrogens is 228 g/mol. The highest BCUT2D eigenvalue weighted by atomic mass is 16.4. The first-order valence-electron chi connectivity index (χ1n) is 6.29. The average Bonchev–Trinajstić information content (AvgIpc) is 2.96. The second-order valence-corrected chi connectivity index (χ2v) is 5.12. The van der Waals surface area contributed by atoms with Crippen molar-refractivity contribution in [2.24, 2.45) is 7.05 Å². The van der Waals surface area contributed by atoms with Crippen molar-refractivity contribution in [1.29, 1.82) is 0 Å². The molecule has 18 heavy (non-hydrogen) atoms. The number of carboxylic acids is 1. The molecule has 3 rings (SSSR count). The van der Waals surface area contributed by atoms with Crippen LogP contribution in [0.3, 0.4) is 0 Å². The first-order chi connectivity index (χ1) is 8.65. The van der Waals surface area contributed by atoms with Gasteiger partial charge in [0.05, 0.1) is 5.41 Å². The van der Waals surface area contributed by atoms with Crippen LogP contribution in [-0.4, -0.2) is 20.6 Å². The van der Waals surface area contributed by atoms with E-state index in [-0.39, 0.29) is 0 Å². The highest BCUT2D eigenvalue weighted by Gasteiger charge is 2.44. The normalized spacial score (nSPS) is 18.3. The van der Waals surface area contributed by atoms with E-state index < -0.39 is 11.4 Å². The van der Waals surface area contributed by atoms with Crippen molar-refractivity contribution < 1.29 is 9.90 Å². The summed E-state index contributed by atoms with van der Waals surface area (Å²) >= 11 is 0. The SMILES string of the molecule is Cn1cc(C2(C(=O)O)CCCC2)c2cccnc21. The van der Waals surface area contributed by atoms with E-state index >= 15 is 0 Å². The Labute approximate surface area is 105 Å². The second-order valence-electron chi connectivity index (χ2n) is 5.12. The van der Waals surface area contributed by atoms with Gasteiger partial charge >= 0.3 is 5.97 Å². The number of pyridine rings is 1. The minimum absolute atomic E-state index is 0.698. The summed E-state index contributed by atoms with van der Waals surface area (Å²) in [6.07, 6.45) is 7.13. The molecule has 2 aromatic heterocycles. The molecule has 0 aromatic carbocycles. The summed E-state index contributed by atoms with van der Waals surface area (Å²) in [5.41, 5.74) is 1.08. The maximum Gasteiger partial charge on any atom is 0.314 e. The fourth-order valence-electron chi connectivity index (χ4n) is 3.17. The number of hydrogen-bond acceptors (Lipinski definition) is 2. The Morgan fingerprint density at radius 2 is 2.17 bits per heavy atom. The van der Waals surface area contributed by atoms with Gasteiger partial charge in [-0.3, -0.25) is 4.79 Å². The largest absolute Gasteiger partial charge is 0.481 e. The number of rotatable bonds is 2. The number of aliphatic carboxylic acids is 1. The number of nitrogens with zero attached hydrogens (tertiary/aromatic N) is 2. The Kier molecular flexibility index (Phi) is 2.40. The predicted molar refractivity (Wildman–Crippen MR) is 68.5 cm³/mol. The number of carbonyl (C=O) groups is 1. The molecule has 1 saturated carbocycles. The highest BCUT2D eigenvalue weighted by Crippen LogP contribution is 2.44. The molecular formula is C14H16N2O2. The molecule has 1 N–H and O–H groups in total. The van der Waals surface area contributed by atoms with Crippen molar-refractivity contribution in [2.45, 2.75) is 31.1 Å². The Morgan fingerprint density at radius 3 is 2.83 bits per heavy atom. The van der Waals surface area contributed by atoms with Gasteiger partial charge in [0.15, 0.2) is 0 Å². The molecule has 0 spiro atoms. The number of hydrogen-bond donors (Lipinski definition) is 1. The second kappa shape index (κ2) is 3.83. The Bertz CT molecular complexity index is 609. The molecule has 0 amide bonds. The monoisotopic (exact) mass is 244 g/mol. The zero-order chi connectivity index (χ0) is 12.8. The summed E-state index contributed by atoms with van der Waals surface area (Å²) in [4.78, 5) is 16.1. The number of fused-ring (bicyclic) bond motifs is 1. The predicted octanol–water partition coefficient (Wildman–Crippen LogP) is 2.47. The van der Waals surface area contributed by atoms with E-state index in [0.29, 0.717) is 0 Å². The van der Waals surface area contributed by atoms with Crippen molar-refractivity contribution >= 4 is 17.0 Å². The first-order valence-corrected chi connectivity index (χ1v) is 6.29. The molecule has 1 aliphatic carbocycles. The van der Waals surface area contributed by atoms with Crippen LogP contribution in [0.2, 0.25) is 0 Å². The third kappa shape index (κ3) is 1.38. The lowest BCUT2D eigenvalue weighted by molar-refractivity contribution is -0.143. The van der Waals surface area contributed by atoms with Gasteiger partial charge in [-0.05, 0) is 30.5 Å². The molecule has 2 aromatic rings. The lowest BCUT2D eigenvalue weighted by Gasteiger charge is -2.23. The molecule has 0 saturated heterocycles. The van der Waals surface area contributed by atoms with Gasteiger partial charge in [0.1, 0.15) is 5.65 Å². The Hall–Kier alpha value is -1.84. The maximum absolute atomic E-state index is 11.7. The van der Waals surface area contributed by atoms with Crippen molar-refractivity contribution in [3.05, 3.63) is 30.1 Å². The summed E-state index contributed by atoms with van der Waals surface area (Å²) in [6, 6.07) is 3.84. The summed E-state index contributed by atoms with van der Waals surface area (Å²) in [6.45, 7) is 0. The van der Waals surface area contributed by atoms with Gasteiger partial charge in [-0.2, -0.15) is 0 Å². The van der Waals surface area contributed by atoms with Crippen LogP contribution < -0.4 is 0 Å². The number of aromatic nitrogens is 2. The average molecular weight is 244 g/mol. The molecule has 0 aliphatic heterocycles. The molecule has 1 fully saturated rings. The van der Waals surface area contributed by atoms with Crippen LogP contribution in [0.4, 0.5) is 0 Å². The van der Waals surface area contributed by atoms with E-state index in [4.69, 9.17) is 0 Å². The van der Waals surface area contributed by atoms with Crippen molar-refractivity contribution in [1.82, 2.24) is 9.55 Å². The van der Waals surface area contributed by atoms with E-state index in [1.54, 1.807) is 6.20 Å². The van der Waals surface area contributed by atoms with E-state index in [0.717, 1.165) is 42.3 Å². The Balaban J connectivity index is 2.28. The van der Waals surface area contributed by atoms with Crippen LogP contribution in [0.5, 0.6) is 0 Å². The van der Waals surface area contributed by atoms with Crippen molar-refractivity contribution in [2.75, 3.05) is 0 Å². The zero-order valence-corrected chi connectivity index (χ0v) is 10.4. The molecule has 1 aliphatic rings. The van der Waals surface area contributed by atoms with E-state index in [9.17, 15) is 9.90 Å². The molecule has 4 nitrogen and oxygen atoms in total. The van der Waals surface area contributed by atoms with Gasteiger partial charge in [0, 0.05) is 24.8 Å². The van der Waals surface area contributed by atoms with Crippen LogP contribution in [0.1, 0.15) is 31.2 Å². The van der Waals surface area contributed by atoms with Crippen LogP contribution in [0.15, 0.2) is 24.5 Å². The van der Waals surface area contributed by atoms with Gasteiger partial charge in [-0.25, -0.2) is 4.98 Å². The van der Waals surface area contributed by atoms with Gasteiger partial charge < -0.3 is 9.67 Å². The van der Waals surface area contributed by atoms with E-state index in [2.05, 4.69) is 4.98 Å².